The summed E-state index contributed by atoms with van der Waals surface area (Å²) in [6, 6.07) is 0. The number of ketones is 1. The van der Waals surface area contributed by atoms with E-state index in [-0.39, 0.29) is 17.4 Å². The van der Waals surface area contributed by atoms with Gasteiger partial charge < -0.3 is 15.2 Å². The first-order chi connectivity index (χ1) is 9.56. The van der Waals surface area contributed by atoms with Crippen LogP contribution in [0.3, 0.4) is 0 Å². The number of carbonyl (C=O) groups excluding carboxylic acids is 1. The van der Waals surface area contributed by atoms with Crippen molar-refractivity contribution in [2.45, 2.75) is 51.6 Å². The predicted octanol–water partition coefficient (Wildman–Crippen LogP) is 2.15. The van der Waals surface area contributed by atoms with Crippen molar-refractivity contribution in [3.8, 4) is 0 Å². The maximum absolute atomic E-state index is 12.7. The van der Waals surface area contributed by atoms with Gasteiger partial charge in [0.05, 0.1) is 5.60 Å². The third-order valence-corrected chi connectivity index (χ3v) is 4.74. The van der Waals surface area contributed by atoms with Crippen molar-refractivity contribution in [1.82, 2.24) is 0 Å². The quantitative estimate of drug-likeness (QED) is 0.840. The van der Waals surface area contributed by atoms with E-state index in [9.17, 15) is 4.79 Å². The monoisotopic (exact) mass is 283 g/mol. The zero-order chi connectivity index (χ0) is 14.6. The minimum absolute atomic E-state index is 0.0231. The maximum Gasteiger partial charge on any atom is 0.140 e. The Balaban J connectivity index is 1.98. The summed E-state index contributed by atoms with van der Waals surface area (Å²) in [6.45, 7) is 7.00. The van der Waals surface area contributed by atoms with Gasteiger partial charge in [-0.2, -0.15) is 0 Å². The van der Waals surface area contributed by atoms with Crippen LogP contribution >= 0.6 is 0 Å². The van der Waals surface area contributed by atoms with Crippen LogP contribution in [0.1, 0.15) is 46.0 Å². The van der Waals surface area contributed by atoms with Gasteiger partial charge in [0, 0.05) is 38.2 Å². The first kappa shape index (κ1) is 15.9. The molecule has 20 heavy (non-hydrogen) atoms. The number of hydrogen-bond donors (Lipinski definition) is 1. The van der Waals surface area contributed by atoms with Crippen LogP contribution in [0.4, 0.5) is 0 Å². The SMILES string of the molecule is CC(C)CC(CN)C(=O)C1CCOC2(CCOCC2)C1. The van der Waals surface area contributed by atoms with Crippen LogP contribution < -0.4 is 5.73 Å². The molecule has 0 radical (unpaired) electrons. The Labute approximate surface area is 122 Å². The lowest BCUT2D eigenvalue weighted by molar-refractivity contribution is -0.159. The lowest BCUT2D eigenvalue weighted by Crippen LogP contribution is -2.47. The molecule has 0 amide bonds. The van der Waals surface area contributed by atoms with Gasteiger partial charge in [-0.15, -0.1) is 0 Å². The van der Waals surface area contributed by atoms with E-state index in [0.717, 1.165) is 45.3 Å². The third kappa shape index (κ3) is 3.80. The van der Waals surface area contributed by atoms with Gasteiger partial charge in [-0.25, -0.2) is 0 Å². The van der Waals surface area contributed by atoms with Crippen molar-refractivity contribution in [3.05, 3.63) is 0 Å². The molecular formula is C16H29NO3. The fourth-order valence-corrected chi connectivity index (χ4v) is 3.59. The van der Waals surface area contributed by atoms with Crippen molar-refractivity contribution >= 4 is 5.78 Å². The molecule has 0 aromatic rings. The van der Waals surface area contributed by atoms with Crippen LogP contribution in [0.5, 0.6) is 0 Å². The van der Waals surface area contributed by atoms with Crippen LogP contribution in [-0.2, 0) is 14.3 Å². The second-order valence-corrected chi connectivity index (χ2v) is 6.80. The van der Waals surface area contributed by atoms with Crippen molar-refractivity contribution in [1.29, 1.82) is 0 Å². The number of rotatable bonds is 5. The van der Waals surface area contributed by atoms with Gasteiger partial charge in [-0.1, -0.05) is 13.8 Å². The zero-order valence-corrected chi connectivity index (χ0v) is 12.9. The van der Waals surface area contributed by atoms with E-state index in [1.54, 1.807) is 0 Å². The second-order valence-electron chi connectivity index (χ2n) is 6.80. The molecule has 0 bridgehead atoms. The van der Waals surface area contributed by atoms with Crippen LogP contribution in [0, 0.1) is 17.8 Å². The molecule has 2 aliphatic heterocycles. The fourth-order valence-electron chi connectivity index (χ4n) is 3.59. The summed E-state index contributed by atoms with van der Waals surface area (Å²) in [6.07, 6.45) is 4.48. The molecule has 2 heterocycles. The van der Waals surface area contributed by atoms with Gasteiger partial charge in [-0.3, -0.25) is 4.79 Å². The lowest BCUT2D eigenvalue weighted by Gasteiger charge is -2.43. The molecule has 0 aliphatic carbocycles. The lowest BCUT2D eigenvalue weighted by atomic mass is 9.75. The molecule has 116 valence electrons. The smallest absolute Gasteiger partial charge is 0.140 e. The van der Waals surface area contributed by atoms with E-state index >= 15 is 0 Å². The van der Waals surface area contributed by atoms with Crippen LogP contribution in [0.15, 0.2) is 0 Å². The van der Waals surface area contributed by atoms with E-state index in [1.807, 2.05) is 0 Å². The Morgan fingerprint density at radius 3 is 2.60 bits per heavy atom. The molecule has 4 heteroatoms. The van der Waals surface area contributed by atoms with Crippen LogP contribution in [0.25, 0.3) is 0 Å². The van der Waals surface area contributed by atoms with E-state index in [4.69, 9.17) is 15.2 Å². The molecule has 2 aliphatic rings. The Bertz CT molecular complexity index is 318. The van der Waals surface area contributed by atoms with Crippen molar-refractivity contribution in [3.63, 3.8) is 0 Å². The number of carbonyl (C=O) groups is 1. The molecule has 0 saturated carbocycles. The molecule has 2 fully saturated rings. The van der Waals surface area contributed by atoms with Gasteiger partial charge in [0.1, 0.15) is 5.78 Å². The Hall–Kier alpha value is -0.450. The molecule has 2 unspecified atom stereocenters. The summed E-state index contributed by atoms with van der Waals surface area (Å²) in [5, 5.41) is 0. The van der Waals surface area contributed by atoms with E-state index in [2.05, 4.69) is 13.8 Å². The number of nitrogens with two attached hydrogens (primary N) is 1. The molecule has 1 spiro atoms. The molecule has 2 rings (SSSR count). The number of hydrogen-bond acceptors (Lipinski definition) is 4. The van der Waals surface area contributed by atoms with Crippen LogP contribution in [0.2, 0.25) is 0 Å². The average Bonchev–Trinajstić information content (AvgIpc) is 2.44. The van der Waals surface area contributed by atoms with E-state index in [0.29, 0.717) is 24.9 Å². The molecule has 4 nitrogen and oxygen atoms in total. The molecule has 0 aromatic heterocycles. The number of ether oxygens (including phenoxy) is 2. The highest BCUT2D eigenvalue weighted by Crippen LogP contribution is 2.38. The Morgan fingerprint density at radius 1 is 1.30 bits per heavy atom. The molecule has 2 atom stereocenters. The summed E-state index contributed by atoms with van der Waals surface area (Å²) in [4.78, 5) is 12.7. The standard InChI is InChI=1S/C16H29NO3/c1-12(2)9-14(11-17)15(18)13-3-6-20-16(10-13)4-7-19-8-5-16/h12-14H,3-11,17H2,1-2H3. The van der Waals surface area contributed by atoms with Gasteiger partial charge >= 0.3 is 0 Å². The second kappa shape index (κ2) is 7.01. The van der Waals surface area contributed by atoms with E-state index in [1.165, 1.54) is 0 Å². The topological polar surface area (TPSA) is 61.6 Å². The van der Waals surface area contributed by atoms with Crippen LogP contribution in [-0.4, -0.2) is 37.7 Å². The summed E-state index contributed by atoms with van der Waals surface area (Å²) in [5.74, 6) is 1.05. The molecule has 2 N–H and O–H groups in total. The largest absolute Gasteiger partial charge is 0.381 e. The minimum atomic E-state index is -0.103. The summed E-state index contributed by atoms with van der Waals surface area (Å²) >= 11 is 0. The fraction of sp³-hybridized carbons (Fsp3) is 0.938. The highest BCUT2D eigenvalue weighted by atomic mass is 16.5. The van der Waals surface area contributed by atoms with Crippen molar-refractivity contribution < 1.29 is 14.3 Å². The predicted molar refractivity (Wildman–Crippen MR) is 78.5 cm³/mol. The maximum atomic E-state index is 12.7. The zero-order valence-electron chi connectivity index (χ0n) is 12.9. The molecular weight excluding hydrogens is 254 g/mol. The summed E-state index contributed by atoms with van der Waals surface area (Å²) in [5.41, 5.74) is 5.72. The van der Waals surface area contributed by atoms with Gasteiger partial charge in [0.15, 0.2) is 0 Å². The third-order valence-electron chi connectivity index (χ3n) is 4.74. The first-order valence-corrected chi connectivity index (χ1v) is 8.02. The summed E-state index contributed by atoms with van der Waals surface area (Å²) in [7, 11) is 0. The minimum Gasteiger partial charge on any atom is -0.381 e. The normalized spacial score (nSPS) is 27.7. The Kier molecular flexibility index (Phi) is 5.58. The van der Waals surface area contributed by atoms with Gasteiger partial charge in [-0.05, 0) is 38.0 Å². The van der Waals surface area contributed by atoms with Crippen molar-refractivity contribution in [2.24, 2.45) is 23.5 Å². The Morgan fingerprint density at radius 2 is 2.00 bits per heavy atom. The highest BCUT2D eigenvalue weighted by Gasteiger charge is 2.42. The van der Waals surface area contributed by atoms with E-state index < -0.39 is 0 Å². The number of Topliss-reactive ketones (excluding diaryl/α,β-unsaturated/α-hetero) is 1. The average molecular weight is 283 g/mol. The first-order valence-electron chi connectivity index (χ1n) is 8.02. The molecule has 0 aromatic carbocycles. The van der Waals surface area contributed by atoms with Crippen molar-refractivity contribution in [2.75, 3.05) is 26.4 Å². The van der Waals surface area contributed by atoms with Gasteiger partial charge in [0.2, 0.25) is 0 Å². The molecule has 2 saturated heterocycles. The van der Waals surface area contributed by atoms with Gasteiger partial charge in [0.25, 0.3) is 0 Å². The highest BCUT2D eigenvalue weighted by molar-refractivity contribution is 5.83. The summed E-state index contributed by atoms with van der Waals surface area (Å²) < 4.78 is 11.4.